The molecule has 2 heterocycles. The fourth-order valence-corrected chi connectivity index (χ4v) is 5.53. The van der Waals surface area contributed by atoms with Gasteiger partial charge in [0.25, 0.3) is 15.9 Å². The highest BCUT2D eigenvalue weighted by Gasteiger charge is 2.32. The SMILES string of the molecule is O=C(COC(=O)c1ccccc1NS(=O)(=O)c1ccc2c(c1)OCCO2)Nc1cc(C(F)(F)F)ccc1N1CCOCC1. The van der Waals surface area contributed by atoms with Crippen molar-refractivity contribution in [3.63, 3.8) is 0 Å². The molecule has 11 nitrogen and oxygen atoms in total. The molecule has 0 radical (unpaired) electrons. The van der Waals surface area contributed by atoms with Crippen LogP contribution >= 0.6 is 0 Å². The van der Waals surface area contributed by atoms with Crippen LogP contribution in [0.3, 0.4) is 0 Å². The van der Waals surface area contributed by atoms with Gasteiger partial charge in [0.1, 0.15) is 13.2 Å². The van der Waals surface area contributed by atoms with Crippen LogP contribution in [0, 0.1) is 0 Å². The van der Waals surface area contributed by atoms with Crippen LogP contribution in [0.5, 0.6) is 11.5 Å². The summed E-state index contributed by atoms with van der Waals surface area (Å²) in [6.45, 7) is 1.28. The predicted octanol–water partition coefficient (Wildman–Crippen LogP) is 3.91. The fourth-order valence-electron chi connectivity index (χ4n) is 4.43. The molecule has 15 heteroatoms. The fraction of sp³-hybridized carbons (Fsp3) is 0.286. The Morgan fingerprint density at radius 1 is 0.884 bits per heavy atom. The van der Waals surface area contributed by atoms with Gasteiger partial charge in [0.05, 0.1) is 46.3 Å². The third kappa shape index (κ3) is 7.11. The van der Waals surface area contributed by atoms with Crippen molar-refractivity contribution in [2.24, 2.45) is 0 Å². The Morgan fingerprint density at radius 2 is 1.60 bits per heavy atom. The lowest BCUT2D eigenvalue weighted by Gasteiger charge is -2.31. The average Bonchev–Trinajstić information content (AvgIpc) is 2.99. The lowest BCUT2D eigenvalue weighted by atomic mass is 10.1. The Hall–Kier alpha value is -4.50. The number of anilines is 3. The van der Waals surface area contributed by atoms with Crippen LogP contribution in [0.1, 0.15) is 15.9 Å². The molecule has 1 amide bonds. The number of sulfonamides is 1. The van der Waals surface area contributed by atoms with Crippen LogP contribution in [0.4, 0.5) is 30.2 Å². The number of ether oxygens (including phenoxy) is 4. The maximum Gasteiger partial charge on any atom is 0.416 e. The summed E-state index contributed by atoms with van der Waals surface area (Å²) in [5.74, 6) is -1.27. The van der Waals surface area contributed by atoms with E-state index >= 15 is 0 Å². The number of halogens is 3. The molecule has 1 saturated heterocycles. The summed E-state index contributed by atoms with van der Waals surface area (Å²) in [4.78, 5) is 27.2. The second-order valence-corrected chi connectivity index (χ2v) is 11.1. The molecular formula is C28H26F3N3O8S. The van der Waals surface area contributed by atoms with Gasteiger partial charge in [-0.3, -0.25) is 9.52 Å². The molecule has 0 saturated carbocycles. The number of amides is 1. The standard InChI is InChI=1S/C28H26F3N3O8S/c29-28(30,31)18-5-7-23(34-9-11-39-12-10-34)22(15-18)32-26(35)17-42-27(36)20-3-1-2-4-21(20)33-43(37,38)19-6-8-24-25(16-19)41-14-13-40-24/h1-8,15-16,33H,9-14,17H2,(H,32,35). The largest absolute Gasteiger partial charge is 0.486 e. The maximum atomic E-state index is 13.4. The lowest BCUT2D eigenvalue weighted by molar-refractivity contribution is -0.137. The quantitative estimate of drug-likeness (QED) is 0.360. The molecule has 0 aliphatic carbocycles. The van der Waals surface area contributed by atoms with Crippen LogP contribution in [0.2, 0.25) is 0 Å². The molecule has 43 heavy (non-hydrogen) atoms. The molecule has 0 bridgehead atoms. The molecular weight excluding hydrogens is 595 g/mol. The van der Waals surface area contributed by atoms with Crippen molar-refractivity contribution in [1.82, 2.24) is 0 Å². The highest BCUT2D eigenvalue weighted by Crippen LogP contribution is 2.36. The molecule has 3 aromatic rings. The molecule has 2 aliphatic rings. The number of nitrogens with zero attached hydrogens (tertiary/aromatic N) is 1. The highest BCUT2D eigenvalue weighted by atomic mass is 32.2. The third-order valence-corrected chi connectivity index (χ3v) is 7.86. The number of benzene rings is 3. The number of nitrogens with one attached hydrogen (secondary N) is 2. The van der Waals surface area contributed by atoms with Gasteiger partial charge in [-0.25, -0.2) is 13.2 Å². The minimum atomic E-state index is -4.65. The summed E-state index contributed by atoms with van der Waals surface area (Å²) < 4.78 is 89.9. The van der Waals surface area contributed by atoms with Crippen LogP contribution in [0.25, 0.3) is 0 Å². The van der Waals surface area contributed by atoms with Gasteiger partial charge in [0, 0.05) is 19.2 Å². The van der Waals surface area contributed by atoms with E-state index in [1.165, 1.54) is 48.5 Å². The summed E-state index contributed by atoms with van der Waals surface area (Å²) in [6, 6.07) is 12.7. The van der Waals surface area contributed by atoms with Crippen molar-refractivity contribution in [3.05, 3.63) is 71.8 Å². The van der Waals surface area contributed by atoms with Gasteiger partial charge in [-0.15, -0.1) is 0 Å². The summed E-state index contributed by atoms with van der Waals surface area (Å²) in [5, 5.41) is 2.39. The zero-order valence-corrected chi connectivity index (χ0v) is 23.3. The number of para-hydroxylation sites is 1. The van der Waals surface area contributed by atoms with Crippen molar-refractivity contribution in [2.75, 3.05) is 61.1 Å². The first-order valence-corrected chi connectivity index (χ1v) is 14.5. The number of carbonyl (C=O) groups excluding carboxylic acids is 2. The second-order valence-electron chi connectivity index (χ2n) is 9.41. The molecule has 0 unspecified atom stereocenters. The topological polar surface area (TPSA) is 132 Å². The molecule has 2 N–H and O–H groups in total. The van der Waals surface area contributed by atoms with E-state index < -0.39 is 40.2 Å². The Kier molecular flexibility index (Phi) is 8.64. The number of carbonyl (C=O) groups is 2. The van der Waals surface area contributed by atoms with E-state index in [0.717, 1.165) is 12.1 Å². The van der Waals surface area contributed by atoms with Crippen molar-refractivity contribution in [2.45, 2.75) is 11.1 Å². The minimum absolute atomic E-state index is 0.106. The van der Waals surface area contributed by atoms with E-state index in [9.17, 15) is 31.2 Å². The zero-order chi connectivity index (χ0) is 30.6. The second kappa shape index (κ2) is 12.4. The molecule has 0 atom stereocenters. The van der Waals surface area contributed by atoms with Crippen molar-refractivity contribution in [1.29, 1.82) is 0 Å². The lowest BCUT2D eigenvalue weighted by Crippen LogP contribution is -2.37. The van der Waals surface area contributed by atoms with Crippen LogP contribution in [-0.4, -0.2) is 66.4 Å². The molecule has 0 spiro atoms. The summed E-state index contributed by atoms with van der Waals surface area (Å²) >= 11 is 0. The highest BCUT2D eigenvalue weighted by molar-refractivity contribution is 7.92. The smallest absolute Gasteiger partial charge is 0.416 e. The first-order valence-electron chi connectivity index (χ1n) is 13.0. The first-order chi connectivity index (χ1) is 20.5. The van der Waals surface area contributed by atoms with E-state index in [0.29, 0.717) is 44.3 Å². The number of esters is 1. The van der Waals surface area contributed by atoms with Gasteiger partial charge in [-0.2, -0.15) is 13.2 Å². The molecule has 0 aromatic heterocycles. The van der Waals surface area contributed by atoms with E-state index in [4.69, 9.17) is 18.9 Å². The van der Waals surface area contributed by atoms with Crippen molar-refractivity contribution >= 4 is 39.0 Å². The monoisotopic (exact) mass is 621 g/mol. The van der Waals surface area contributed by atoms with E-state index in [2.05, 4.69) is 10.0 Å². The summed E-state index contributed by atoms with van der Waals surface area (Å²) in [5.41, 5.74) is -1.02. The average molecular weight is 622 g/mol. The normalized spacial score (nSPS) is 15.0. The number of rotatable bonds is 8. The Bertz CT molecular complexity index is 1630. The van der Waals surface area contributed by atoms with E-state index in [1.54, 1.807) is 4.90 Å². The summed E-state index contributed by atoms with van der Waals surface area (Å²) in [6.07, 6.45) is -4.65. The van der Waals surface area contributed by atoms with Crippen molar-refractivity contribution < 1.29 is 50.1 Å². The first kappa shape index (κ1) is 30.0. The molecule has 3 aromatic carbocycles. The number of hydrogen-bond acceptors (Lipinski definition) is 9. The van der Waals surface area contributed by atoms with Gasteiger partial charge in [0.15, 0.2) is 18.1 Å². The third-order valence-electron chi connectivity index (χ3n) is 6.50. The zero-order valence-electron chi connectivity index (χ0n) is 22.5. The Balaban J connectivity index is 1.28. The van der Waals surface area contributed by atoms with Gasteiger partial charge < -0.3 is 29.2 Å². The van der Waals surface area contributed by atoms with Gasteiger partial charge in [-0.1, -0.05) is 12.1 Å². The van der Waals surface area contributed by atoms with Crippen LogP contribution in [-0.2, 0) is 30.5 Å². The number of morpholine rings is 1. The summed E-state index contributed by atoms with van der Waals surface area (Å²) in [7, 11) is -4.18. The maximum absolute atomic E-state index is 13.4. The number of alkyl halides is 3. The molecule has 2 aliphatic heterocycles. The predicted molar refractivity (Wildman–Crippen MR) is 148 cm³/mol. The Morgan fingerprint density at radius 3 is 2.35 bits per heavy atom. The van der Waals surface area contributed by atoms with Crippen LogP contribution < -0.4 is 24.4 Å². The molecule has 5 rings (SSSR count). The van der Waals surface area contributed by atoms with E-state index in [-0.39, 0.29) is 34.2 Å². The van der Waals surface area contributed by atoms with Crippen LogP contribution in [0.15, 0.2) is 65.6 Å². The van der Waals surface area contributed by atoms with Gasteiger partial charge in [-0.05, 0) is 42.5 Å². The minimum Gasteiger partial charge on any atom is -0.486 e. The Labute approximate surface area is 244 Å². The number of hydrogen-bond donors (Lipinski definition) is 2. The van der Waals surface area contributed by atoms with Gasteiger partial charge >= 0.3 is 12.1 Å². The van der Waals surface area contributed by atoms with Crippen molar-refractivity contribution in [3.8, 4) is 11.5 Å². The van der Waals surface area contributed by atoms with E-state index in [1.807, 2.05) is 0 Å². The molecule has 1 fully saturated rings. The number of fused-ring (bicyclic) bond motifs is 1. The van der Waals surface area contributed by atoms with Gasteiger partial charge in [0.2, 0.25) is 0 Å². The molecule has 228 valence electrons.